The molecule has 2 aromatic carbocycles. The molecule has 0 spiro atoms. The van der Waals surface area contributed by atoms with Crippen molar-refractivity contribution in [3.05, 3.63) is 59.4 Å². The van der Waals surface area contributed by atoms with E-state index in [4.69, 9.17) is 14.2 Å². The van der Waals surface area contributed by atoms with Crippen LogP contribution in [0.1, 0.15) is 11.1 Å². The number of rotatable bonds is 10. The van der Waals surface area contributed by atoms with Crippen molar-refractivity contribution in [1.29, 1.82) is 0 Å². The van der Waals surface area contributed by atoms with Crippen molar-refractivity contribution in [3.8, 4) is 11.5 Å². The number of nitrogens with one attached hydrogen (secondary N) is 2. The van der Waals surface area contributed by atoms with E-state index >= 15 is 0 Å². The number of methoxy groups -OCH3 is 2. The minimum absolute atomic E-state index is 0.0332. The molecule has 0 saturated heterocycles. The lowest BCUT2D eigenvalue weighted by Crippen LogP contribution is -2.40. The molecule has 152 valence electrons. The van der Waals surface area contributed by atoms with Crippen LogP contribution >= 0.6 is 0 Å². The third-order valence-electron chi connectivity index (χ3n) is 3.91. The minimum Gasteiger partial charge on any atom is -0.497 e. The van der Waals surface area contributed by atoms with Crippen molar-refractivity contribution in [2.24, 2.45) is 0 Å². The average molecular weight is 392 g/mol. The number of hydrogen-bond donors (Lipinski definition) is 3. The molecular formula is C20H25FN2O5. The van der Waals surface area contributed by atoms with E-state index in [0.717, 1.165) is 11.3 Å². The van der Waals surface area contributed by atoms with Gasteiger partial charge < -0.3 is 30.0 Å². The monoisotopic (exact) mass is 392 g/mol. The highest BCUT2D eigenvalue weighted by molar-refractivity contribution is 5.73. The van der Waals surface area contributed by atoms with Crippen LogP contribution in [-0.4, -0.2) is 44.6 Å². The van der Waals surface area contributed by atoms with E-state index in [2.05, 4.69) is 10.6 Å². The number of carbonyl (C=O) groups excluding carboxylic acids is 1. The molecule has 7 nitrogen and oxygen atoms in total. The van der Waals surface area contributed by atoms with Crippen molar-refractivity contribution in [2.45, 2.75) is 19.3 Å². The fourth-order valence-corrected chi connectivity index (χ4v) is 2.37. The van der Waals surface area contributed by atoms with E-state index in [1.807, 2.05) is 24.3 Å². The number of benzene rings is 2. The van der Waals surface area contributed by atoms with Crippen LogP contribution in [0.25, 0.3) is 0 Å². The summed E-state index contributed by atoms with van der Waals surface area (Å²) in [7, 11) is 2.98. The van der Waals surface area contributed by atoms with Crippen molar-refractivity contribution in [2.75, 3.05) is 27.4 Å². The molecule has 1 unspecified atom stereocenters. The Balaban J connectivity index is 1.62. The maximum Gasteiger partial charge on any atom is 0.315 e. The third kappa shape index (κ3) is 7.05. The van der Waals surface area contributed by atoms with Crippen LogP contribution in [0.15, 0.2) is 42.5 Å². The highest BCUT2D eigenvalue weighted by atomic mass is 19.1. The topological polar surface area (TPSA) is 89.0 Å². The molecule has 8 heteroatoms. The standard InChI is InChI=1S/C20H25FN2O5/c1-26-17-6-3-14(4-7-17)12-28-13-16(24)11-23-20(25)22-10-15-5-8-19(27-2)18(21)9-15/h3-9,16,24H,10-13H2,1-2H3,(H2,22,23,25). The zero-order valence-electron chi connectivity index (χ0n) is 15.9. The fraction of sp³-hybridized carbons (Fsp3) is 0.350. The molecule has 2 amide bonds. The summed E-state index contributed by atoms with van der Waals surface area (Å²) in [6.45, 7) is 0.606. The van der Waals surface area contributed by atoms with E-state index in [1.54, 1.807) is 13.2 Å². The van der Waals surface area contributed by atoms with Crippen LogP contribution in [0.5, 0.6) is 11.5 Å². The van der Waals surface area contributed by atoms with Crippen LogP contribution in [0.2, 0.25) is 0 Å². The Morgan fingerprint density at radius 3 is 2.43 bits per heavy atom. The summed E-state index contributed by atoms with van der Waals surface area (Å²) in [6, 6.07) is 11.4. The first kappa shape index (κ1) is 21.5. The van der Waals surface area contributed by atoms with Gasteiger partial charge in [-0.05, 0) is 35.4 Å². The molecule has 0 aliphatic heterocycles. The molecule has 3 N–H and O–H groups in total. The van der Waals surface area contributed by atoms with Crippen LogP contribution in [0, 0.1) is 5.82 Å². The summed E-state index contributed by atoms with van der Waals surface area (Å²) >= 11 is 0. The molecule has 0 aliphatic rings. The third-order valence-corrected chi connectivity index (χ3v) is 3.91. The maximum absolute atomic E-state index is 13.6. The van der Waals surface area contributed by atoms with Crippen LogP contribution in [-0.2, 0) is 17.9 Å². The molecule has 0 heterocycles. The Morgan fingerprint density at radius 1 is 1.07 bits per heavy atom. The van der Waals surface area contributed by atoms with E-state index in [9.17, 15) is 14.3 Å². The van der Waals surface area contributed by atoms with Gasteiger partial charge in [0.2, 0.25) is 0 Å². The Bertz CT molecular complexity index is 755. The largest absolute Gasteiger partial charge is 0.497 e. The van der Waals surface area contributed by atoms with Gasteiger partial charge in [0.05, 0.1) is 33.5 Å². The second-order valence-corrected chi connectivity index (χ2v) is 6.05. The van der Waals surface area contributed by atoms with Crippen LogP contribution in [0.3, 0.4) is 0 Å². The first-order chi connectivity index (χ1) is 13.5. The smallest absolute Gasteiger partial charge is 0.315 e. The molecule has 0 fully saturated rings. The number of ether oxygens (including phenoxy) is 3. The molecule has 2 aromatic rings. The SMILES string of the molecule is COc1ccc(COCC(O)CNC(=O)NCc2ccc(OC)c(F)c2)cc1. The van der Waals surface area contributed by atoms with Gasteiger partial charge >= 0.3 is 6.03 Å². The molecule has 0 saturated carbocycles. The minimum atomic E-state index is -0.845. The van der Waals surface area contributed by atoms with Crippen molar-refractivity contribution >= 4 is 6.03 Å². The Morgan fingerprint density at radius 2 is 1.79 bits per heavy atom. The second kappa shape index (κ2) is 11.1. The predicted octanol–water partition coefficient (Wildman–Crippen LogP) is 2.22. The number of halogens is 1. The molecule has 0 radical (unpaired) electrons. The Kier molecular flexibility index (Phi) is 8.51. The zero-order valence-corrected chi connectivity index (χ0v) is 15.9. The van der Waals surface area contributed by atoms with Crippen molar-refractivity contribution < 1.29 is 28.5 Å². The van der Waals surface area contributed by atoms with Gasteiger partial charge in [-0.1, -0.05) is 18.2 Å². The fourth-order valence-electron chi connectivity index (χ4n) is 2.37. The summed E-state index contributed by atoms with van der Waals surface area (Å²) in [5.41, 5.74) is 1.54. The van der Waals surface area contributed by atoms with Gasteiger partial charge in [-0.25, -0.2) is 9.18 Å². The lowest BCUT2D eigenvalue weighted by molar-refractivity contribution is 0.0300. The summed E-state index contributed by atoms with van der Waals surface area (Å²) < 4.78 is 29.0. The normalized spacial score (nSPS) is 11.6. The van der Waals surface area contributed by atoms with E-state index < -0.39 is 18.0 Å². The molecule has 28 heavy (non-hydrogen) atoms. The average Bonchev–Trinajstić information content (AvgIpc) is 2.71. The molecule has 0 aromatic heterocycles. The maximum atomic E-state index is 13.6. The lowest BCUT2D eigenvalue weighted by Gasteiger charge is -2.13. The highest BCUT2D eigenvalue weighted by Crippen LogP contribution is 2.17. The van der Waals surface area contributed by atoms with E-state index in [1.165, 1.54) is 19.2 Å². The van der Waals surface area contributed by atoms with Crippen LogP contribution < -0.4 is 20.1 Å². The van der Waals surface area contributed by atoms with Crippen molar-refractivity contribution in [1.82, 2.24) is 10.6 Å². The lowest BCUT2D eigenvalue weighted by atomic mass is 10.2. The van der Waals surface area contributed by atoms with Gasteiger partial charge in [-0.3, -0.25) is 0 Å². The molecule has 0 aliphatic carbocycles. The number of amides is 2. The number of aliphatic hydroxyl groups excluding tert-OH is 1. The van der Waals surface area contributed by atoms with E-state index in [0.29, 0.717) is 12.2 Å². The van der Waals surface area contributed by atoms with Gasteiger partial charge in [-0.2, -0.15) is 0 Å². The number of carbonyl (C=O) groups is 1. The second-order valence-electron chi connectivity index (χ2n) is 6.05. The first-order valence-electron chi connectivity index (χ1n) is 8.74. The van der Waals surface area contributed by atoms with Gasteiger partial charge in [0.1, 0.15) is 5.75 Å². The Hall–Kier alpha value is -2.84. The summed E-state index contributed by atoms with van der Waals surface area (Å²) in [5, 5.41) is 15.0. The van der Waals surface area contributed by atoms with E-state index in [-0.39, 0.29) is 25.4 Å². The molecule has 1 atom stereocenters. The van der Waals surface area contributed by atoms with Gasteiger partial charge in [0.15, 0.2) is 11.6 Å². The van der Waals surface area contributed by atoms with Crippen LogP contribution in [0.4, 0.5) is 9.18 Å². The Labute approximate surface area is 163 Å². The first-order valence-corrected chi connectivity index (χ1v) is 8.74. The van der Waals surface area contributed by atoms with Gasteiger partial charge in [0.25, 0.3) is 0 Å². The van der Waals surface area contributed by atoms with Gasteiger partial charge in [0, 0.05) is 13.1 Å². The molecule has 2 rings (SSSR count). The summed E-state index contributed by atoms with van der Waals surface area (Å²) in [5.74, 6) is 0.411. The predicted molar refractivity (Wildman–Crippen MR) is 102 cm³/mol. The number of hydrogen-bond acceptors (Lipinski definition) is 5. The molecule has 0 bridgehead atoms. The number of aliphatic hydroxyl groups is 1. The molecular weight excluding hydrogens is 367 g/mol. The number of urea groups is 1. The van der Waals surface area contributed by atoms with Gasteiger partial charge in [-0.15, -0.1) is 0 Å². The summed E-state index contributed by atoms with van der Waals surface area (Å²) in [4.78, 5) is 11.8. The van der Waals surface area contributed by atoms with Crippen molar-refractivity contribution in [3.63, 3.8) is 0 Å². The summed E-state index contributed by atoms with van der Waals surface area (Å²) in [6.07, 6.45) is -0.845. The quantitative estimate of drug-likeness (QED) is 0.577. The highest BCUT2D eigenvalue weighted by Gasteiger charge is 2.08. The zero-order chi connectivity index (χ0) is 20.4.